The first-order valence-corrected chi connectivity index (χ1v) is 8.52. The Labute approximate surface area is 150 Å². The number of nitrogens with zero attached hydrogens (tertiary/aromatic N) is 2. The van der Waals surface area contributed by atoms with Crippen molar-refractivity contribution in [2.75, 3.05) is 11.1 Å². The smallest absolute Gasteiger partial charge is 0.234 e. The van der Waals surface area contributed by atoms with Gasteiger partial charge in [0.1, 0.15) is 0 Å². The molecule has 0 saturated heterocycles. The average Bonchev–Trinajstić information content (AvgIpc) is 2.91. The number of thioether (sulfide) groups is 1. The van der Waals surface area contributed by atoms with Crippen molar-refractivity contribution in [3.8, 4) is 0 Å². The third kappa shape index (κ3) is 4.09. The van der Waals surface area contributed by atoms with Crippen LogP contribution in [0.15, 0.2) is 35.6 Å². The van der Waals surface area contributed by atoms with Crippen LogP contribution in [-0.2, 0) is 4.79 Å². The van der Waals surface area contributed by atoms with Gasteiger partial charge in [-0.25, -0.2) is 9.97 Å². The van der Waals surface area contributed by atoms with Gasteiger partial charge in [0.25, 0.3) is 0 Å². The number of anilines is 1. The number of rotatable bonds is 4. The van der Waals surface area contributed by atoms with Crippen LogP contribution < -0.4 is 5.32 Å². The lowest BCUT2D eigenvalue weighted by Crippen LogP contribution is -2.14. The summed E-state index contributed by atoms with van der Waals surface area (Å²) in [5, 5.41) is 4.74. The van der Waals surface area contributed by atoms with Gasteiger partial charge >= 0.3 is 0 Å². The van der Waals surface area contributed by atoms with Gasteiger partial charge in [-0.2, -0.15) is 0 Å². The number of carbonyl (C=O) groups is 1. The number of benzene rings is 1. The Morgan fingerprint density at radius 1 is 1.22 bits per heavy atom. The fourth-order valence-electron chi connectivity index (χ4n) is 1.83. The predicted molar refractivity (Wildman–Crippen MR) is 94.7 cm³/mol. The van der Waals surface area contributed by atoms with Crippen molar-refractivity contribution < 1.29 is 4.79 Å². The fourth-order valence-corrected chi connectivity index (χ4v) is 3.00. The molecule has 0 saturated carbocycles. The molecule has 23 heavy (non-hydrogen) atoms. The van der Waals surface area contributed by atoms with Crippen molar-refractivity contribution in [1.82, 2.24) is 15.0 Å². The summed E-state index contributed by atoms with van der Waals surface area (Å²) >= 11 is 19.0. The normalized spacial score (nSPS) is 10.9. The molecule has 2 N–H and O–H groups in total. The van der Waals surface area contributed by atoms with E-state index in [0.29, 0.717) is 31.6 Å². The lowest BCUT2D eigenvalue weighted by atomic mass is 10.3. The standard InChI is InChI=1S/C14H9Cl3N4OS/c15-7-1-2-9(17)10(3-7)19-12(22)6-23-14-20-11-4-8(16)5-18-13(11)21-14/h1-5H,6H2,(H,19,22)(H,18,20,21). The van der Waals surface area contributed by atoms with Gasteiger partial charge in [-0.15, -0.1) is 0 Å². The molecule has 1 aromatic carbocycles. The molecule has 5 nitrogen and oxygen atoms in total. The number of hydrogen-bond acceptors (Lipinski definition) is 4. The molecule has 0 unspecified atom stereocenters. The first-order valence-electron chi connectivity index (χ1n) is 6.40. The zero-order valence-corrected chi connectivity index (χ0v) is 14.5. The first kappa shape index (κ1) is 16.4. The van der Waals surface area contributed by atoms with E-state index >= 15 is 0 Å². The number of amides is 1. The third-order valence-corrected chi connectivity index (χ3v) is 4.47. The molecule has 118 valence electrons. The molecular formula is C14H9Cl3N4OS. The van der Waals surface area contributed by atoms with Gasteiger partial charge in [0, 0.05) is 11.2 Å². The molecule has 0 atom stereocenters. The van der Waals surface area contributed by atoms with Crippen molar-refractivity contribution in [2.24, 2.45) is 0 Å². The maximum Gasteiger partial charge on any atom is 0.234 e. The van der Waals surface area contributed by atoms with Gasteiger partial charge < -0.3 is 10.3 Å². The predicted octanol–water partition coefficient (Wildman–Crippen LogP) is 4.65. The highest BCUT2D eigenvalue weighted by Crippen LogP contribution is 2.26. The summed E-state index contributed by atoms with van der Waals surface area (Å²) < 4.78 is 0. The molecule has 2 heterocycles. The molecule has 2 aromatic heterocycles. The Hall–Kier alpha value is -1.47. The highest BCUT2D eigenvalue weighted by Gasteiger charge is 2.10. The number of hydrogen-bond donors (Lipinski definition) is 2. The Kier molecular flexibility index (Phi) is 4.96. The zero-order valence-electron chi connectivity index (χ0n) is 11.4. The van der Waals surface area contributed by atoms with Crippen molar-refractivity contribution in [1.29, 1.82) is 0 Å². The number of imidazole rings is 1. The largest absolute Gasteiger partial charge is 0.331 e. The second kappa shape index (κ2) is 6.97. The minimum absolute atomic E-state index is 0.163. The van der Waals surface area contributed by atoms with Crippen LogP contribution in [0.3, 0.4) is 0 Å². The summed E-state index contributed by atoms with van der Waals surface area (Å²) in [6, 6.07) is 6.61. The number of aromatic nitrogens is 3. The van der Waals surface area contributed by atoms with E-state index in [-0.39, 0.29) is 11.7 Å². The van der Waals surface area contributed by atoms with E-state index in [2.05, 4.69) is 20.3 Å². The van der Waals surface area contributed by atoms with E-state index in [1.165, 1.54) is 18.0 Å². The van der Waals surface area contributed by atoms with Crippen LogP contribution in [0.4, 0.5) is 5.69 Å². The average molecular weight is 388 g/mol. The highest BCUT2D eigenvalue weighted by atomic mass is 35.5. The quantitative estimate of drug-likeness (QED) is 0.639. The third-order valence-electron chi connectivity index (χ3n) is 2.82. The molecule has 0 spiro atoms. The second-order valence-electron chi connectivity index (χ2n) is 4.53. The molecule has 9 heteroatoms. The number of H-pyrrole nitrogens is 1. The van der Waals surface area contributed by atoms with Crippen molar-refractivity contribution >= 4 is 69.3 Å². The van der Waals surface area contributed by atoms with Crippen LogP contribution in [-0.4, -0.2) is 26.6 Å². The van der Waals surface area contributed by atoms with Crippen LogP contribution in [0.5, 0.6) is 0 Å². The maximum absolute atomic E-state index is 12.0. The Balaban J connectivity index is 1.64. The molecule has 0 aliphatic rings. The first-order chi connectivity index (χ1) is 11.0. The zero-order chi connectivity index (χ0) is 16.4. The molecule has 0 aliphatic heterocycles. The van der Waals surface area contributed by atoms with Crippen molar-refractivity contribution in [2.45, 2.75) is 5.16 Å². The second-order valence-corrected chi connectivity index (χ2v) is 6.77. The lowest BCUT2D eigenvalue weighted by Gasteiger charge is -2.06. The van der Waals surface area contributed by atoms with E-state index in [4.69, 9.17) is 34.8 Å². The van der Waals surface area contributed by atoms with Crippen LogP contribution in [0.2, 0.25) is 15.1 Å². The minimum atomic E-state index is -0.217. The van der Waals surface area contributed by atoms with E-state index in [0.717, 1.165) is 5.52 Å². The van der Waals surface area contributed by atoms with Gasteiger partial charge in [-0.3, -0.25) is 4.79 Å². The SMILES string of the molecule is O=C(CSc1nc2ncc(Cl)cc2[nH]1)Nc1cc(Cl)ccc1Cl. The van der Waals surface area contributed by atoms with Gasteiger partial charge in [0.15, 0.2) is 10.8 Å². The molecule has 3 aromatic rings. The van der Waals surface area contributed by atoms with E-state index in [1.54, 1.807) is 24.3 Å². The van der Waals surface area contributed by atoms with Gasteiger partial charge in [0.2, 0.25) is 5.91 Å². The molecule has 1 amide bonds. The Morgan fingerprint density at radius 2 is 2.04 bits per heavy atom. The van der Waals surface area contributed by atoms with E-state index < -0.39 is 0 Å². The topological polar surface area (TPSA) is 70.7 Å². The molecule has 0 fully saturated rings. The van der Waals surface area contributed by atoms with E-state index in [1.807, 2.05) is 0 Å². The van der Waals surface area contributed by atoms with Crippen molar-refractivity contribution in [3.63, 3.8) is 0 Å². The van der Waals surface area contributed by atoms with Crippen molar-refractivity contribution in [3.05, 3.63) is 45.5 Å². The molecule has 0 aliphatic carbocycles. The number of aromatic amines is 1. The van der Waals surface area contributed by atoms with E-state index in [9.17, 15) is 4.79 Å². The number of fused-ring (bicyclic) bond motifs is 1. The number of nitrogens with one attached hydrogen (secondary N) is 2. The Morgan fingerprint density at radius 3 is 2.87 bits per heavy atom. The van der Waals surface area contributed by atoms with Gasteiger partial charge in [-0.05, 0) is 24.3 Å². The summed E-state index contributed by atoms with van der Waals surface area (Å²) in [5.74, 6) is -0.0539. The van der Waals surface area contributed by atoms with Crippen LogP contribution in [0.25, 0.3) is 11.2 Å². The lowest BCUT2D eigenvalue weighted by molar-refractivity contribution is -0.113. The molecular weight excluding hydrogens is 379 g/mol. The van der Waals surface area contributed by atoms with Crippen LogP contribution in [0, 0.1) is 0 Å². The monoisotopic (exact) mass is 386 g/mol. The number of halogens is 3. The number of carbonyl (C=O) groups excluding carboxylic acids is 1. The molecule has 0 bridgehead atoms. The summed E-state index contributed by atoms with van der Waals surface area (Å²) in [4.78, 5) is 23.4. The summed E-state index contributed by atoms with van der Waals surface area (Å²) in [7, 11) is 0. The highest BCUT2D eigenvalue weighted by molar-refractivity contribution is 7.99. The number of pyridine rings is 1. The van der Waals surface area contributed by atoms with Crippen LogP contribution in [0.1, 0.15) is 0 Å². The summed E-state index contributed by atoms with van der Waals surface area (Å²) in [6.45, 7) is 0. The minimum Gasteiger partial charge on any atom is -0.331 e. The molecule has 3 rings (SSSR count). The van der Waals surface area contributed by atoms with Gasteiger partial charge in [-0.1, -0.05) is 46.6 Å². The summed E-state index contributed by atoms with van der Waals surface area (Å²) in [6.07, 6.45) is 1.52. The summed E-state index contributed by atoms with van der Waals surface area (Å²) in [5.41, 5.74) is 1.75. The van der Waals surface area contributed by atoms with Crippen LogP contribution >= 0.6 is 46.6 Å². The fraction of sp³-hybridized carbons (Fsp3) is 0.0714. The maximum atomic E-state index is 12.0. The van der Waals surface area contributed by atoms with Gasteiger partial charge in [0.05, 0.1) is 27.0 Å². The Bertz CT molecular complexity index is 884. The molecule has 0 radical (unpaired) electrons.